The second kappa shape index (κ2) is 6.40. The maximum Gasteiger partial charge on any atom is 0.137 e. The quantitative estimate of drug-likeness (QED) is 0.781. The number of pyridine rings is 1. The lowest BCUT2D eigenvalue weighted by Crippen LogP contribution is -2.10. The van der Waals surface area contributed by atoms with E-state index >= 15 is 0 Å². The molecule has 0 fully saturated rings. The van der Waals surface area contributed by atoms with Crippen molar-refractivity contribution in [2.75, 3.05) is 6.61 Å². The first-order chi connectivity index (χ1) is 7.27. The Bertz CT molecular complexity index is 289. The fourth-order valence-corrected chi connectivity index (χ4v) is 1.41. The van der Waals surface area contributed by atoms with Crippen molar-refractivity contribution in [2.45, 2.75) is 39.2 Å². The maximum absolute atomic E-state index is 6.01. The topological polar surface area (TPSA) is 48.1 Å². The first kappa shape index (κ1) is 12.0. The predicted molar refractivity (Wildman–Crippen MR) is 61.9 cm³/mol. The van der Waals surface area contributed by atoms with Gasteiger partial charge in [0.1, 0.15) is 5.75 Å². The molecule has 0 aliphatic heterocycles. The molecule has 2 N–H and O–H groups in total. The largest absolute Gasteiger partial charge is 0.492 e. The molecule has 84 valence electrons. The van der Waals surface area contributed by atoms with E-state index in [1.54, 1.807) is 6.20 Å². The molecule has 0 saturated carbocycles. The van der Waals surface area contributed by atoms with E-state index in [2.05, 4.69) is 18.8 Å². The second-order valence-electron chi connectivity index (χ2n) is 3.70. The van der Waals surface area contributed by atoms with Crippen LogP contribution >= 0.6 is 0 Å². The van der Waals surface area contributed by atoms with Gasteiger partial charge in [-0.05, 0) is 24.5 Å². The summed E-state index contributed by atoms with van der Waals surface area (Å²) in [6, 6.07) is 2.07. The van der Waals surface area contributed by atoms with Crippen molar-refractivity contribution in [3.05, 3.63) is 24.0 Å². The van der Waals surface area contributed by atoms with Gasteiger partial charge in [0.2, 0.25) is 0 Å². The number of hydrogen-bond donors (Lipinski definition) is 1. The summed E-state index contributed by atoms with van der Waals surface area (Å²) in [5, 5.41) is 0. The highest BCUT2D eigenvalue weighted by Crippen LogP contribution is 2.19. The van der Waals surface area contributed by atoms with Crippen LogP contribution in [0.2, 0.25) is 0 Å². The summed E-state index contributed by atoms with van der Waals surface area (Å²) in [5.74, 6) is 0.820. The van der Waals surface area contributed by atoms with E-state index in [-0.39, 0.29) is 6.04 Å². The van der Waals surface area contributed by atoms with E-state index in [1.165, 1.54) is 0 Å². The summed E-state index contributed by atoms with van der Waals surface area (Å²) in [7, 11) is 0. The van der Waals surface area contributed by atoms with E-state index in [0.29, 0.717) is 0 Å². The fourth-order valence-electron chi connectivity index (χ4n) is 1.41. The third-order valence-electron chi connectivity index (χ3n) is 2.23. The van der Waals surface area contributed by atoms with Gasteiger partial charge in [0, 0.05) is 12.2 Å². The monoisotopic (exact) mass is 208 g/mol. The molecule has 1 aromatic rings. The summed E-state index contributed by atoms with van der Waals surface area (Å²) in [6.45, 7) is 4.94. The molecule has 0 saturated heterocycles. The van der Waals surface area contributed by atoms with Crippen LogP contribution in [0.3, 0.4) is 0 Å². The Balaban J connectivity index is 2.64. The van der Waals surface area contributed by atoms with Gasteiger partial charge in [-0.3, -0.25) is 4.98 Å². The molecule has 0 aliphatic rings. The standard InChI is InChI=1S/C12H20N2O/c1-3-5-12(13)10-7-11(9-14-8-10)15-6-4-2/h7-9,12H,3-6,13H2,1-2H3. The molecule has 1 rings (SSSR count). The zero-order valence-corrected chi connectivity index (χ0v) is 9.57. The van der Waals surface area contributed by atoms with Gasteiger partial charge < -0.3 is 10.5 Å². The first-order valence-corrected chi connectivity index (χ1v) is 5.61. The van der Waals surface area contributed by atoms with Gasteiger partial charge in [0.15, 0.2) is 0 Å². The average molecular weight is 208 g/mol. The molecule has 1 aromatic heterocycles. The third kappa shape index (κ3) is 3.88. The highest BCUT2D eigenvalue weighted by molar-refractivity contribution is 5.25. The molecule has 0 amide bonds. The number of rotatable bonds is 6. The molecule has 1 unspecified atom stereocenters. The van der Waals surface area contributed by atoms with Crippen molar-refractivity contribution in [1.29, 1.82) is 0 Å². The summed E-state index contributed by atoms with van der Waals surface area (Å²) in [4.78, 5) is 4.14. The molecule has 1 heterocycles. The predicted octanol–water partition coefficient (Wildman–Crippen LogP) is 2.67. The van der Waals surface area contributed by atoms with Gasteiger partial charge >= 0.3 is 0 Å². The molecule has 3 nitrogen and oxygen atoms in total. The van der Waals surface area contributed by atoms with Crippen LogP contribution in [-0.4, -0.2) is 11.6 Å². The van der Waals surface area contributed by atoms with E-state index in [4.69, 9.17) is 10.5 Å². The van der Waals surface area contributed by atoms with Crippen LogP contribution < -0.4 is 10.5 Å². The van der Waals surface area contributed by atoms with E-state index in [9.17, 15) is 0 Å². The highest BCUT2D eigenvalue weighted by Gasteiger charge is 2.06. The minimum absolute atomic E-state index is 0.0766. The minimum atomic E-state index is 0.0766. The normalized spacial score (nSPS) is 12.5. The van der Waals surface area contributed by atoms with Gasteiger partial charge in [0.25, 0.3) is 0 Å². The summed E-state index contributed by atoms with van der Waals surface area (Å²) in [6.07, 6.45) is 6.63. The minimum Gasteiger partial charge on any atom is -0.492 e. The lowest BCUT2D eigenvalue weighted by atomic mass is 10.1. The lowest BCUT2D eigenvalue weighted by Gasteiger charge is -2.11. The fraction of sp³-hybridized carbons (Fsp3) is 0.583. The second-order valence-corrected chi connectivity index (χ2v) is 3.70. The smallest absolute Gasteiger partial charge is 0.137 e. The average Bonchev–Trinajstić information content (AvgIpc) is 2.27. The number of nitrogens with zero attached hydrogens (tertiary/aromatic N) is 1. The van der Waals surface area contributed by atoms with E-state index < -0.39 is 0 Å². The molecule has 0 bridgehead atoms. The summed E-state index contributed by atoms with van der Waals surface area (Å²) >= 11 is 0. The van der Waals surface area contributed by atoms with Gasteiger partial charge in [-0.2, -0.15) is 0 Å². The van der Waals surface area contributed by atoms with Crippen LogP contribution in [0.25, 0.3) is 0 Å². The van der Waals surface area contributed by atoms with E-state index in [1.807, 2.05) is 12.3 Å². The molecule has 0 aliphatic carbocycles. The third-order valence-corrected chi connectivity index (χ3v) is 2.23. The number of aromatic nitrogens is 1. The molecular formula is C12H20N2O. The first-order valence-electron chi connectivity index (χ1n) is 5.61. The summed E-state index contributed by atoms with van der Waals surface area (Å²) < 4.78 is 5.51. The van der Waals surface area contributed by atoms with Crippen molar-refractivity contribution in [1.82, 2.24) is 4.98 Å². The van der Waals surface area contributed by atoms with E-state index in [0.717, 1.165) is 37.2 Å². The Kier molecular flexibility index (Phi) is 5.12. The zero-order valence-electron chi connectivity index (χ0n) is 9.57. The van der Waals surface area contributed by atoms with Crippen molar-refractivity contribution in [2.24, 2.45) is 5.73 Å². The molecule has 1 atom stereocenters. The molecule has 0 aromatic carbocycles. The Morgan fingerprint density at radius 1 is 1.33 bits per heavy atom. The van der Waals surface area contributed by atoms with Crippen LogP contribution in [-0.2, 0) is 0 Å². The van der Waals surface area contributed by atoms with Crippen molar-refractivity contribution < 1.29 is 4.74 Å². The molecule has 3 heteroatoms. The Morgan fingerprint density at radius 2 is 2.13 bits per heavy atom. The van der Waals surface area contributed by atoms with Crippen LogP contribution in [0, 0.1) is 0 Å². The molecule has 0 spiro atoms. The van der Waals surface area contributed by atoms with Crippen LogP contribution in [0.5, 0.6) is 5.75 Å². The lowest BCUT2D eigenvalue weighted by molar-refractivity contribution is 0.315. The molecule has 15 heavy (non-hydrogen) atoms. The maximum atomic E-state index is 6.01. The van der Waals surface area contributed by atoms with Gasteiger partial charge in [-0.1, -0.05) is 20.3 Å². The Hall–Kier alpha value is -1.09. The van der Waals surface area contributed by atoms with Crippen LogP contribution in [0.15, 0.2) is 18.5 Å². The Labute approximate surface area is 91.7 Å². The van der Waals surface area contributed by atoms with Gasteiger partial charge in [0.05, 0.1) is 12.8 Å². The van der Waals surface area contributed by atoms with Gasteiger partial charge in [-0.15, -0.1) is 0 Å². The van der Waals surface area contributed by atoms with Crippen LogP contribution in [0.4, 0.5) is 0 Å². The van der Waals surface area contributed by atoms with Crippen LogP contribution in [0.1, 0.15) is 44.7 Å². The highest BCUT2D eigenvalue weighted by atomic mass is 16.5. The SMILES string of the molecule is CCCOc1cncc(C(N)CCC)c1. The summed E-state index contributed by atoms with van der Waals surface area (Å²) in [5.41, 5.74) is 7.07. The van der Waals surface area contributed by atoms with Crippen molar-refractivity contribution in [3.63, 3.8) is 0 Å². The van der Waals surface area contributed by atoms with Crippen molar-refractivity contribution >= 4 is 0 Å². The number of ether oxygens (including phenoxy) is 1. The zero-order chi connectivity index (χ0) is 11.1. The molecular weight excluding hydrogens is 188 g/mol. The Morgan fingerprint density at radius 3 is 2.80 bits per heavy atom. The molecule has 0 radical (unpaired) electrons. The number of hydrogen-bond acceptors (Lipinski definition) is 3. The van der Waals surface area contributed by atoms with Crippen molar-refractivity contribution in [3.8, 4) is 5.75 Å². The van der Waals surface area contributed by atoms with Gasteiger partial charge in [-0.25, -0.2) is 0 Å². The number of nitrogens with two attached hydrogens (primary N) is 1.